The van der Waals surface area contributed by atoms with Crippen molar-refractivity contribution in [3.8, 4) is 0 Å². The second kappa shape index (κ2) is 6.57. The largest absolute Gasteiger partial charge is 0.353 e. The molecule has 21 heavy (non-hydrogen) atoms. The van der Waals surface area contributed by atoms with Crippen molar-refractivity contribution in [3.63, 3.8) is 0 Å². The summed E-state index contributed by atoms with van der Waals surface area (Å²) >= 11 is 0. The lowest BCUT2D eigenvalue weighted by molar-refractivity contribution is -0.139. The standard InChI is InChI=1S/C17H22N2O2/c1-12(2)15-7-4-14(5-8-15)6-9-16(20)19-11-10-18-17(21)13(19)3/h4-9,12-13H,10-11H2,1-3H3,(H,18,21). The molecule has 1 fully saturated rings. The van der Waals surface area contributed by atoms with E-state index in [1.165, 1.54) is 5.56 Å². The Labute approximate surface area is 125 Å². The fourth-order valence-electron chi connectivity index (χ4n) is 2.34. The third-order valence-corrected chi connectivity index (χ3v) is 3.80. The quantitative estimate of drug-likeness (QED) is 0.866. The lowest BCUT2D eigenvalue weighted by atomic mass is 10.0. The van der Waals surface area contributed by atoms with Gasteiger partial charge in [0, 0.05) is 19.2 Å². The van der Waals surface area contributed by atoms with Gasteiger partial charge in [0.2, 0.25) is 11.8 Å². The first-order chi connectivity index (χ1) is 9.99. The van der Waals surface area contributed by atoms with Crippen LogP contribution in [0.15, 0.2) is 30.3 Å². The van der Waals surface area contributed by atoms with Gasteiger partial charge in [-0.2, -0.15) is 0 Å². The van der Waals surface area contributed by atoms with Crippen LogP contribution in [0.3, 0.4) is 0 Å². The minimum absolute atomic E-state index is 0.0933. The summed E-state index contributed by atoms with van der Waals surface area (Å²) in [7, 11) is 0. The summed E-state index contributed by atoms with van der Waals surface area (Å²) in [6, 6.07) is 7.76. The smallest absolute Gasteiger partial charge is 0.247 e. The van der Waals surface area contributed by atoms with Gasteiger partial charge in [0.25, 0.3) is 0 Å². The van der Waals surface area contributed by atoms with Crippen molar-refractivity contribution < 1.29 is 9.59 Å². The average Bonchev–Trinajstić information content (AvgIpc) is 2.48. The SMILES string of the molecule is CC(C)c1ccc(C=CC(=O)N2CCNC(=O)C2C)cc1. The van der Waals surface area contributed by atoms with E-state index in [9.17, 15) is 9.59 Å². The van der Waals surface area contributed by atoms with Crippen LogP contribution in [0, 0.1) is 0 Å². The first-order valence-electron chi connectivity index (χ1n) is 7.35. The lowest BCUT2D eigenvalue weighted by Crippen LogP contribution is -2.55. The van der Waals surface area contributed by atoms with E-state index < -0.39 is 6.04 Å². The maximum atomic E-state index is 12.2. The van der Waals surface area contributed by atoms with Crippen LogP contribution < -0.4 is 5.32 Å². The van der Waals surface area contributed by atoms with Crippen molar-refractivity contribution >= 4 is 17.9 Å². The molecule has 4 nitrogen and oxygen atoms in total. The fraction of sp³-hybridized carbons (Fsp3) is 0.412. The molecule has 2 amide bonds. The highest BCUT2D eigenvalue weighted by molar-refractivity contribution is 5.96. The molecule has 1 N–H and O–H groups in total. The van der Waals surface area contributed by atoms with E-state index >= 15 is 0 Å². The van der Waals surface area contributed by atoms with E-state index in [0.29, 0.717) is 19.0 Å². The second-order valence-corrected chi connectivity index (χ2v) is 5.65. The number of carbonyl (C=O) groups is 2. The molecule has 112 valence electrons. The molecular weight excluding hydrogens is 264 g/mol. The van der Waals surface area contributed by atoms with Gasteiger partial charge in [-0.25, -0.2) is 0 Å². The topological polar surface area (TPSA) is 49.4 Å². The molecule has 1 aliphatic heterocycles. The summed E-state index contributed by atoms with van der Waals surface area (Å²) in [6.07, 6.45) is 3.34. The van der Waals surface area contributed by atoms with Gasteiger partial charge in [-0.15, -0.1) is 0 Å². The molecule has 1 unspecified atom stereocenters. The summed E-state index contributed by atoms with van der Waals surface area (Å²) in [5.41, 5.74) is 2.27. The molecule has 1 saturated heterocycles. The van der Waals surface area contributed by atoms with E-state index in [4.69, 9.17) is 0 Å². The second-order valence-electron chi connectivity index (χ2n) is 5.65. The van der Waals surface area contributed by atoms with Crippen molar-refractivity contribution in [3.05, 3.63) is 41.5 Å². The van der Waals surface area contributed by atoms with Crippen molar-refractivity contribution in [2.75, 3.05) is 13.1 Å². The number of benzene rings is 1. The Kier molecular flexibility index (Phi) is 4.78. The highest BCUT2D eigenvalue weighted by atomic mass is 16.2. The maximum absolute atomic E-state index is 12.2. The average molecular weight is 286 g/mol. The highest BCUT2D eigenvalue weighted by Gasteiger charge is 2.27. The van der Waals surface area contributed by atoms with Gasteiger partial charge in [0.15, 0.2) is 0 Å². The summed E-state index contributed by atoms with van der Waals surface area (Å²) in [4.78, 5) is 25.3. The maximum Gasteiger partial charge on any atom is 0.247 e. The summed E-state index contributed by atoms with van der Waals surface area (Å²) in [6.45, 7) is 7.13. The molecule has 4 heteroatoms. The number of nitrogens with zero attached hydrogens (tertiary/aromatic N) is 1. The molecule has 0 spiro atoms. The van der Waals surface area contributed by atoms with Crippen LogP contribution >= 0.6 is 0 Å². The van der Waals surface area contributed by atoms with E-state index in [0.717, 1.165) is 5.56 Å². The van der Waals surface area contributed by atoms with Crippen LogP contribution in [0.4, 0.5) is 0 Å². The molecule has 0 bridgehead atoms. The Morgan fingerprint density at radius 1 is 1.33 bits per heavy atom. The minimum Gasteiger partial charge on any atom is -0.353 e. The van der Waals surface area contributed by atoms with E-state index in [1.54, 1.807) is 24.0 Å². The Hall–Kier alpha value is -2.10. The van der Waals surface area contributed by atoms with Gasteiger partial charge in [0.05, 0.1) is 0 Å². The zero-order valence-electron chi connectivity index (χ0n) is 12.8. The molecular formula is C17H22N2O2. The highest BCUT2D eigenvalue weighted by Crippen LogP contribution is 2.15. The number of hydrogen-bond acceptors (Lipinski definition) is 2. The first kappa shape index (κ1) is 15.3. The Balaban J connectivity index is 2.03. The van der Waals surface area contributed by atoms with Crippen LogP contribution in [0.25, 0.3) is 6.08 Å². The number of amides is 2. The van der Waals surface area contributed by atoms with Crippen LogP contribution in [0.1, 0.15) is 37.8 Å². The normalized spacial score (nSPS) is 19.1. The van der Waals surface area contributed by atoms with Gasteiger partial charge in [0.1, 0.15) is 6.04 Å². The van der Waals surface area contributed by atoms with E-state index in [2.05, 4.69) is 31.3 Å². The summed E-state index contributed by atoms with van der Waals surface area (Å²) < 4.78 is 0. The first-order valence-corrected chi connectivity index (χ1v) is 7.35. The molecule has 0 aliphatic carbocycles. The van der Waals surface area contributed by atoms with Crippen LogP contribution in [-0.2, 0) is 9.59 Å². The predicted molar refractivity (Wildman–Crippen MR) is 83.7 cm³/mol. The molecule has 0 saturated carbocycles. The van der Waals surface area contributed by atoms with Crippen molar-refractivity contribution in [1.29, 1.82) is 0 Å². The van der Waals surface area contributed by atoms with E-state index in [-0.39, 0.29) is 11.8 Å². The number of piperazine rings is 1. The zero-order valence-corrected chi connectivity index (χ0v) is 12.8. The van der Waals surface area contributed by atoms with Crippen LogP contribution in [-0.4, -0.2) is 35.8 Å². The Morgan fingerprint density at radius 2 is 2.00 bits per heavy atom. The van der Waals surface area contributed by atoms with Gasteiger partial charge in [-0.3, -0.25) is 9.59 Å². The molecule has 0 aromatic heterocycles. The molecule has 1 heterocycles. The summed E-state index contributed by atoms with van der Waals surface area (Å²) in [5.74, 6) is 0.284. The van der Waals surface area contributed by atoms with Gasteiger partial charge >= 0.3 is 0 Å². The molecule has 1 aromatic rings. The third-order valence-electron chi connectivity index (χ3n) is 3.80. The zero-order chi connectivity index (χ0) is 15.4. The molecule has 0 radical (unpaired) electrons. The molecule has 1 aromatic carbocycles. The molecule has 2 rings (SSSR count). The monoisotopic (exact) mass is 286 g/mol. The van der Waals surface area contributed by atoms with Crippen molar-refractivity contribution in [2.45, 2.75) is 32.7 Å². The number of hydrogen-bond donors (Lipinski definition) is 1. The van der Waals surface area contributed by atoms with Gasteiger partial charge < -0.3 is 10.2 Å². The number of carbonyl (C=O) groups excluding carboxylic acids is 2. The van der Waals surface area contributed by atoms with Crippen LogP contribution in [0.5, 0.6) is 0 Å². The van der Waals surface area contributed by atoms with E-state index in [1.807, 2.05) is 12.1 Å². The summed E-state index contributed by atoms with van der Waals surface area (Å²) in [5, 5.41) is 2.75. The lowest BCUT2D eigenvalue weighted by Gasteiger charge is -2.31. The minimum atomic E-state index is -0.404. The number of nitrogens with one attached hydrogen (secondary N) is 1. The van der Waals surface area contributed by atoms with Crippen molar-refractivity contribution in [1.82, 2.24) is 10.2 Å². The third kappa shape index (κ3) is 3.72. The Morgan fingerprint density at radius 3 is 2.62 bits per heavy atom. The van der Waals surface area contributed by atoms with Gasteiger partial charge in [-0.1, -0.05) is 38.1 Å². The molecule has 1 atom stereocenters. The fourth-order valence-corrected chi connectivity index (χ4v) is 2.34. The Bertz CT molecular complexity index is 546. The predicted octanol–water partition coefficient (Wildman–Crippen LogP) is 2.17. The van der Waals surface area contributed by atoms with Gasteiger partial charge in [-0.05, 0) is 30.0 Å². The number of rotatable bonds is 3. The van der Waals surface area contributed by atoms with Crippen molar-refractivity contribution in [2.24, 2.45) is 0 Å². The molecule has 1 aliphatic rings. The van der Waals surface area contributed by atoms with Crippen LogP contribution in [0.2, 0.25) is 0 Å².